The highest BCUT2D eigenvalue weighted by atomic mass is 79.9. The zero-order valence-corrected chi connectivity index (χ0v) is 16.4. The second kappa shape index (κ2) is 8.41. The Kier molecular flexibility index (Phi) is 6.49. The van der Waals surface area contributed by atoms with Gasteiger partial charge in [0.25, 0.3) is 5.91 Å². The van der Waals surface area contributed by atoms with Gasteiger partial charge in [0, 0.05) is 7.05 Å². The van der Waals surface area contributed by atoms with E-state index < -0.39 is 35.6 Å². The maximum atomic E-state index is 13.5. The predicted molar refractivity (Wildman–Crippen MR) is 100 cm³/mol. The third kappa shape index (κ3) is 4.67. The van der Waals surface area contributed by atoms with Crippen LogP contribution in [0.3, 0.4) is 0 Å². The topological polar surface area (TPSA) is 92.5 Å². The summed E-state index contributed by atoms with van der Waals surface area (Å²) in [7, 11) is 1.38. The molecule has 0 aliphatic carbocycles. The Hall–Kier alpha value is -2.26. The van der Waals surface area contributed by atoms with Gasteiger partial charge in [-0.15, -0.1) is 11.3 Å². The molecule has 0 saturated carbocycles. The van der Waals surface area contributed by atoms with Crippen LogP contribution >= 0.6 is 27.3 Å². The number of nitrogens with two attached hydrogens (primary N) is 1. The molecule has 0 radical (unpaired) electrons. The van der Waals surface area contributed by atoms with E-state index in [0.717, 1.165) is 14.8 Å². The third-order valence-corrected chi connectivity index (χ3v) is 5.31. The van der Waals surface area contributed by atoms with Crippen LogP contribution in [0.5, 0.6) is 0 Å². The van der Waals surface area contributed by atoms with E-state index in [9.17, 15) is 18.8 Å². The molecule has 6 nitrogen and oxygen atoms in total. The van der Waals surface area contributed by atoms with Gasteiger partial charge in [-0.1, -0.05) is 12.1 Å². The largest absolute Gasteiger partial charge is 0.368 e. The monoisotopic (exact) mass is 441 g/mol. The van der Waals surface area contributed by atoms with Gasteiger partial charge < -0.3 is 16.0 Å². The van der Waals surface area contributed by atoms with Crippen LogP contribution in [-0.4, -0.2) is 35.7 Å². The average molecular weight is 442 g/mol. The Morgan fingerprint density at radius 2 is 1.96 bits per heavy atom. The van der Waals surface area contributed by atoms with Gasteiger partial charge in [0.05, 0.1) is 8.66 Å². The van der Waals surface area contributed by atoms with Gasteiger partial charge in [-0.25, -0.2) is 4.39 Å². The van der Waals surface area contributed by atoms with E-state index in [4.69, 9.17) is 5.73 Å². The maximum Gasteiger partial charge on any atom is 0.262 e. The average Bonchev–Trinajstić information content (AvgIpc) is 3.00. The molecule has 1 aromatic heterocycles. The minimum absolute atomic E-state index is 0.258. The van der Waals surface area contributed by atoms with Crippen molar-refractivity contribution in [3.63, 3.8) is 0 Å². The number of amides is 3. The van der Waals surface area contributed by atoms with Crippen molar-refractivity contribution in [3.8, 4) is 0 Å². The number of halogens is 2. The first kappa shape index (κ1) is 20.1. The van der Waals surface area contributed by atoms with Crippen molar-refractivity contribution in [3.05, 3.63) is 56.4 Å². The molecule has 3 amide bonds. The van der Waals surface area contributed by atoms with E-state index in [1.807, 2.05) is 0 Å². The molecule has 2 unspecified atom stereocenters. The lowest BCUT2D eigenvalue weighted by molar-refractivity contribution is -0.139. The number of thiophene rings is 1. The lowest BCUT2D eigenvalue weighted by Gasteiger charge is -2.28. The second-order valence-corrected chi connectivity index (χ2v) is 8.07. The molecule has 3 N–H and O–H groups in total. The molecule has 0 spiro atoms. The van der Waals surface area contributed by atoms with Gasteiger partial charge in [-0.2, -0.15) is 0 Å². The Bertz CT molecular complexity index is 842. The van der Waals surface area contributed by atoms with Crippen LogP contribution in [0.2, 0.25) is 0 Å². The Labute approximate surface area is 162 Å². The van der Waals surface area contributed by atoms with Crippen LogP contribution in [0.15, 0.2) is 40.2 Å². The third-order valence-electron chi connectivity index (χ3n) is 3.68. The molecule has 9 heteroatoms. The van der Waals surface area contributed by atoms with Gasteiger partial charge in [0.2, 0.25) is 11.8 Å². The lowest BCUT2D eigenvalue weighted by atomic mass is 10.0. The summed E-state index contributed by atoms with van der Waals surface area (Å²) in [6.07, 6.45) is 0. The van der Waals surface area contributed by atoms with Crippen LogP contribution in [-0.2, 0) is 9.59 Å². The second-order valence-electron chi connectivity index (χ2n) is 5.61. The highest BCUT2D eigenvalue weighted by molar-refractivity contribution is 9.11. The number of hydrogen-bond acceptors (Lipinski definition) is 4. The molecule has 1 heterocycles. The van der Waals surface area contributed by atoms with Crippen molar-refractivity contribution in [2.45, 2.75) is 19.0 Å². The van der Waals surface area contributed by atoms with E-state index in [2.05, 4.69) is 21.2 Å². The number of nitrogens with one attached hydrogen (secondary N) is 1. The molecule has 2 atom stereocenters. The van der Waals surface area contributed by atoms with Gasteiger partial charge in [-0.05, 0) is 52.7 Å². The van der Waals surface area contributed by atoms with E-state index in [-0.39, 0.29) is 5.56 Å². The SMILES string of the molecule is CC(NC(=O)c1ccc(Br)s1)C(=O)N(C)C(C(N)=O)c1cccc(F)c1. The van der Waals surface area contributed by atoms with E-state index in [0.29, 0.717) is 4.88 Å². The van der Waals surface area contributed by atoms with Crippen LogP contribution in [0.4, 0.5) is 4.39 Å². The van der Waals surface area contributed by atoms with Crippen LogP contribution in [0, 0.1) is 5.82 Å². The van der Waals surface area contributed by atoms with Crippen LogP contribution < -0.4 is 11.1 Å². The summed E-state index contributed by atoms with van der Waals surface area (Å²) in [5.74, 6) is -2.27. The fourth-order valence-corrected chi connectivity index (χ4v) is 3.74. The fraction of sp³-hybridized carbons (Fsp3) is 0.235. The lowest BCUT2D eigenvalue weighted by Crippen LogP contribution is -2.49. The number of rotatable bonds is 6. The number of likely N-dealkylation sites (N-methyl/N-ethyl adjacent to an activating group) is 1. The van der Waals surface area contributed by atoms with Crippen molar-refractivity contribution < 1.29 is 18.8 Å². The summed E-state index contributed by atoms with van der Waals surface area (Å²) < 4.78 is 14.3. The number of hydrogen-bond donors (Lipinski definition) is 2. The highest BCUT2D eigenvalue weighted by Crippen LogP contribution is 2.23. The van der Waals surface area contributed by atoms with Gasteiger partial charge >= 0.3 is 0 Å². The van der Waals surface area contributed by atoms with E-state index in [1.165, 1.54) is 43.5 Å². The molecule has 0 aliphatic rings. The summed E-state index contributed by atoms with van der Waals surface area (Å²) in [6.45, 7) is 1.50. The quantitative estimate of drug-likeness (QED) is 0.720. The zero-order valence-electron chi connectivity index (χ0n) is 14.0. The molecule has 26 heavy (non-hydrogen) atoms. The molecule has 138 valence electrons. The number of benzene rings is 1. The maximum absolute atomic E-state index is 13.5. The number of carbonyl (C=O) groups excluding carboxylic acids is 3. The first-order valence-electron chi connectivity index (χ1n) is 7.58. The summed E-state index contributed by atoms with van der Waals surface area (Å²) in [5.41, 5.74) is 5.66. The fourth-order valence-electron chi connectivity index (χ4n) is 2.45. The molecule has 0 bridgehead atoms. The first-order valence-corrected chi connectivity index (χ1v) is 9.19. The number of carbonyl (C=O) groups is 3. The molecule has 0 aliphatic heterocycles. The van der Waals surface area contributed by atoms with Crippen molar-refractivity contribution in [1.29, 1.82) is 0 Å². The van der Waals surface area contributed by atoms with E-state index in [1.54, 1.807) is 12.1 Å². The Morgan fingerprint density at radius 1 is 1.27 bits per heavy atom. The van der Waals surface area contributed by atoms with Gasteiger partial charge in [-0.3, -0.25) is 14.4 Å². The normalized spacial score (nSPS) is 12.9. The van der Waals surface area contributed by atoms with Gasteiger partial charge in [0.15, 0.2) is 0 Å². The van der Waals surface area contributed by atoms with Gasteiger partial charge in [0.1, 0.15) is 17.9 Å². The van der Waals surface area contributed by atoms with Crippen molar-refractivity contribution in [2.24, 2.45) is 5.73 Å². The summed E-state index contributed by atoms with van der Waals surface area (Å²) in [5, 5.41) is 2.58. The van der Waals surface area contributed by atoms with E-state index >= 15 is 0 Å². The minimum Gasteiger partial charge on any atom is -0.368 e. The summed E-state index contributed by atoms with van der Waals surface area (Å²) in [6, 6.07) is 6.62. The van der Waals surface area contributed by atoms with Crippen molar-refractivity contribution in [2.75, 3.05) is 7.05 Å². The smallest absolute Gasteiger partial charge is 0.262 e. The Balaban J connectivity index is 2.14. The van der Waals surface area contributed by atoms with Crippen LogP contribution in [0.1, 0.15) is 28.2 Å². The summed E-state index contributed by atoms with van der Waals surface area (Å²) >= 11 is 4.50. The molecular weight excluding hydrogens is 425 g/mol. The number of primary amides is 1. The standard InChI is InChI=1S/C17H17BrFN3O3S/c1-9(21-16(24)12-6-7-13(18)26-12)17(25)22(2)14(15(20)23)10-4-3-5-11(19)8-10/h3-9,14H,1-2H3,(H2,20,23)(H,21,24). The van der Waals surface area contributed by atoms with Crippen molar-refractivity contribution in [1.82, 2.24) is 10.2 Å². The molecule has 1 aromatic carbocycles. The highest BCUT2D eigenvalue weighted by Gasteiger charge is 2.30. The molecule has 0 saturated heterocycles. The predicted octanol–water partition coefficient (Wildman–Crippen LogP) is 2.45. The molecule has 0 fully saturated rings. The van der Waals surface area contributed by atoms with Crippen molar-refractivity contribution >= 4 is 45.0 Å². The van der Waals surface area contributed by atoms with Crippen LogP contribution in [0.25, 0.3) is 0 Å². The molecular formula is C17H17BrFN3O3S. The Morgan fingerprint density at radius 3 is 2.50 bits per heavy atom. The number of nitrogens with zero attached hydrogens (tertiary/aromatic N) is 1. The first-order chi connectivity index (χ1) is 12.2. The molecule has 2 aromatic rings. The summed E-state index contributed by atoms with van der Waals surface area (Å²) in [4.78, 5) is 38.2. The molecule has 2 rings (SSSR count). The zero-order chi connectivity index (χ0) is 19.4. The minimum atomic E-state index is -1.14.